The lowest BCUT2D eigenvalue weighted by molar-refractivity contribution is -0.367. The zero-order chi connectivity index (χ0) is 19.7. The number of hydrogen-bond acceptors (Lipinski definition) is 2. The zero-order valence-electron chi connectivity index (χ0n) is 16.2. The lowest BCUT2D eigenvalue weighted by Gasteiger charge is -2.42. The van der Waals surface area contributed by atoms with Gasteiger partial charge in [0, 0.05) is 25.1 Å². The number of pyridine rings is 1. The minimum atomic E-state index is -4.33. The molecule has 0 radical (unpaired) electrons. The molecule has 4 rings (SSSR count). The second-order valence-electron chi connectivity index (χ2n) is 8.60. The zero-order valence-corrected chi connectivity index (χ0v) is 16.2. The molecule has 4 nitrogen and oxygen atoms in total. The van der Waals surface area contributed by atoms with E-state index < -0.39 is 11.7 Å². The number of carbonyl (C=O) groups excluding carboxylic acids is 1. The van der Waals surface area contributed by atoms with Gasteiger partial charge in [0.2, 0.25) is 5.91 Å². The number of likely N-dealkylation sites (tertiary alicyclic amines) is 1. The van der Waals surface area contributed by atoms with Crippen LogP contribution >= 0.6 is 0 Å². The van der Waals surface area contributed by atoms with E-state index in [-0.39, 0.29) is 5.92 Å². The van der Waals surface area contributed by atoms with Crippen molar-refractivity contribution in [1.29, 1.82) is 0 Å². The van der Waals surface area contributed by atoms with E-state index in [1.54, 1.807) is 0 Å². The first-order chi connectivity index (χ1) is 13.4. The van der Waals surface area contributed by atoms with Crippen LogP contribution in [-0.2, 0) is 11.0 Å². The molecule has 1 saturated carbocycles. The van der Waals surface area contributed by atoms with Crippen molar-refractivity contribution in [2.24, 2.45) is 17.8 Å². The molecule has 7 heteroatoms. The number of H-pyrrole nitrogens is 1. The first-order valence-corrected chi connectivity index (χ1v) is 10.5. The fourth-order valence-corrected chi connectivity index (χ4v) is 5.22. The number of rotatable bonds is 2. The van der Waals surface area contributed by atoms with Gasteiger partial charge in [-0.25, -0.2) is 4.98 Å². The number of hydrogen-bond donors (Lipinski definition) is 0. The molecule has 0 spiro atoms. The third kappa shape index (κ3) is 4.13. The topological polar surface area (TPSA) is 37.7 Å². The maximum absolute atomic E-state index is 13.0. The number of amides is 1. The molecular weight excluding hydrogens is 367 g/mol. The highest BCUT2D eigenvalue weighted by atomic mass is 19.4. The second kappa shape index (κ2) is 7.91. The Balaban J connectivity index is 1.31. The molecule has 1 amide bonds. The SMILES string of the molecule is O=C(C1CCN(c2ccc(C(F)(F)F)c[nH+]2)CC1)N1CC[C@@H]2CCCC[C@@H]2C1. The Morgan fingerprint density at radius 2 is 1.68 bits per heavy atom. The standard InChI is InChI=1S/C21H28F3N3O/c22-21(23,24)18-5-6-19(25-13-18)26-10-8-16(9-11-26)20(28)27-12-7-15-3-1-2-4-17(15)14-27/h5-6,13,15-17H,1-4,7-12,14H2/p+1/t15-,17+/m0/s1. The van der Waals surface area contributed by atoms with Crippen molar-refractivity contribution in [2.75, 3.05) is 31.1 Å². The molecule has 28 heavy (non-hydrogen) atoms. The highest BCUT2D eigenvalue weighted by Crippen LogP contribution is 2.37. The summed E-state index contributed by atoms with van der Waals surface area (Å²) in [6.07, 6.45) is 4.58. The van der Waals surface area contributed by atoms with Crippen molar-refractivity contribution < 1.29 is 22.9 Å². The van der Waals surface area contributed by atoms with E-state index in [4.69, 9.17) is 0 Å². The normalized spacial score (nSPS) is 26.8. The van der Waals surface area contributed by atoms with Crippen LogP contribution in [0.25, 0.3) is 0 Å². The largest absolute Gasteiger partial charge is 0.419 e. The van der Waals surface area contributed by atoms with Crippen molar-refractivity contribution in [3.05, 3.63) is 23.9 Å². The first-order valence-electron chi connectivity index (χ1n) is 10.5. The van der Waals surface area contributed by atoms with Gasteiger partial charge in [-0.1, -0.05) is 19.3 Å². The van der Waals surface area contributed by atoms with Gasteiger partial charge < -0.3 is 4.90 Å². The molecule has 1 N–H and O–H groups in total. The van der Waals surface area contributed by atoms with Crippen LogP contribution in [0.4, 0.5) is 19.0 Å². The molecule has 2 aliphatic heterocycles. The van der Waals surface area contributed by atoms with Crippen LogP contribution in [0, 0.1) is 17.8 Å². The van der Waals surface area contributed by atoms with Crippen molar-refractivity contribution in [2.45, 2.75) is 51.1 Å². The number of piperidine rings is 2. The number of nitrogens with zero attached hydrogens (tertiary/aromatic N) is 2. The highest BCUT2D eigenvalue weighted by molar-refractivity contribution is 5.79. The molecule has 154 valence electrons. The Hall–Kier alpha value is -1.79. The van der Waals surface area contributed by atoms with Crippen molar-refractivity contribution in [3.63, 3.8) is 0 Å². The predicted octanol–water partition coefficient (Wildman–Crippen LogP) is 3.77. The van der Waals surface area contributed by atoms with Crippen LogP contribution in [0.2, 0.25) is 0 Å². The monoisotopic (exact) mass is 396 g/mol. The number of fused-ring (bicyclic) bond motifs is 1. The summed E-state index contributed by atoms with van der Waals surface area (Å²) < 4.78 is 38.1. The van der Waals surface area contributed by atoms with Gasteiger partial charge in [-0.2, -0.15) is 13.2 Å². The number of alkyl halides is 3. The number of aromatic nitrogens is 1. The molecule has 3 heterocycles. The molecule has 1 aromatic heterocycles. The third-order valence-electron chi connectivity index (χ3n) is 6.91. The number of halogens is 3. The molecule has 3 fully saturated rings. The highest BCUT2D eigenvalue weighted by Gasteiger charge is 2.37. The third-order valence-corrected chi connectivity index (χ3v) is 6.91. The van der Waals surface area contributed by atoms with E-state index >= 15 is 0 Å². The van der Waals surface area contributed by atoms with Gasteiger partial charge in [-0.3, -0.25) is 9.69 Å². The fraction of sp³-hybridized carbons (Fsp3) is 0.714. The van der Waals surface area contributed by atoms with Crippen molar-refractivity contribution in [3.8, 4) is 0 Å². The molecule has 1 aliphatic carbocycles. The van der Waals surface area contributed by atoms with Crippen LogP contribution in [0.15, 0.2) is 18.3 Å². The van der Waals surface area contributed by atoms with Crippen molar-refractivity contribution >= 4 is 11.7 Å². The Morgan fingerprint density at radius 3 is 2.32 bits per heavy atom. The molecular formula is C21H29F3N3O+. The van der Waals surface area contributed by atoms with E-state index in [1.807, 2.05) is 4.90 Å². The van der Waals surface area contributed by atoms with Gasteiger partial charge in [0.25, 0.3) is 5.82 Å². The van der Waals surface area contributed by atoms with E-state index in [0.717, 1.165) is 50.5 Å². The maximum atomic E-state index is 13.0. The quantitative estimate of drug-likeness (QED) is 0.763. The van der Waals surface area contributed by atoms with E-state index in [1.165, 1.54) is 31.7 Å². The summed E-state index contributed by atoms with van der Waals surface area (Å²) in [6.45, 7) is 3.21. The minimum absolute atomic E-state index is 0.0471. The van der Waals surface area contributed by atoms with Crippen LogP contribution < -0.4 is 9.88 Å². The molecule has 2 atom stereocenters. The Bertz CT molecular complexity index is 683. The number of nitrogens with one attached hydrogen (secondary N) is 1. The minimum Gasteiger partial charge on any atom is -0.342 e. The molecule has 0 bridgehead atoms. The van der Waals surface area contributed by atoms with Crippen molar-refractivity contribution in [1.82, 2.24) is 4.90 Å². The molecule has 3 aliphatic rings. The maximum Gasteiger partial charge on any atom is 0.419 e. The predicted molar refractivity (Wildman–Crippen MR) is 99.6 cm³/mol. The molecule has 0 unspecified atom stereocenters. The lowest BCUT2D eigenvalue weighted by Crippen LogP contribution is -2.49. The summed E-state index contributed by atoms with van der Waals surface area (Å²) in [4.78, 5) is 19.9. The average molecular weight is 396 g/mol. The Labute approximate surface area is 164 Å². The van der Waals surface area contributed by atoms with Gasteiger partial charge >= 0.3 is 6.18 Å². The summed E-state index contributed by atoms with van der Waals surface area (Å²) >= 11 is 0. The lowest BCUT2D eigenvalue weighted by atomic mass is 9.75. The van der Waals surface area contributed by atoms with Crippen LogP contribution in [-0.4, -0.2) is 37.0 Å². The van der Waals surface area contributed by atoms with E-state index in [2.05, 4.69) is 9.88 Å². The Morgan fingerprint density at radius 1 is 0.964 bits per heavy atom. The summed E-state index contributed by atoms with van der Waals surface area (Å²) in [5.74, 6) is 2.52. The van der Waals surface area contributed by atoms with Gasteiger partial charge in [0.05, 0.1) is 18.7 Å². The number of aromatic amines is 1. The summed E-state index contributed by atoms with van der Waals surface area (Å²) in [7, 11) is 0. The molecule has 2 saturated heterocycles. The van der Waals surface area contributed by atoms with E-state index in [0.29, 0.717) is 30.7 Å². The number of carbonyl (C=O) groups is 1. The fourth-order valence-electron chi connectivity index (χ4n) is 5.22. The van der Waals surface area contributed by atoms with E-state index in [9.17, 15) is 18.0 Å². The number of anilines is 1. The van der Waals surface area contributed by atoms with Crippen LogP contribution in [0.1, 0.15) is 50.5 Å². The molecule has 0 aromatic carbocycles. The Kier molecular flexibility index (Phi) is 5.52. The second-order valence-corrected chi connectivity index (χ2v) is 8.60. The summed E-state index contributed by atoms with van der Waals surface area (Å²) in [5, 5.41) is 0. The smallest absolute Gasteiger partial charge is 0.342 e. The summed E-state index contributed by atoms with van der Waals surface area (Å²) in [5.41, 5.74) is -0.674. The van der Waals surface area contributed by atoms with Crippen LogP contribution in [0.5, 0.6) is 0 Å². The molecule has 1 aromatic rings. The van der Waals surface area contributed by atoms with Gasteiger partial charge in [0.15, 0.2) is 0 Å². The first kappa shape index (κ1) is 19.5. The average Bonchev–Trinajstić information content (AvgIpc) is 2.72. The summed E-state index contributed by atoms with van der Waals surface area (Å²) in [6, 6.07) is 2.59. The van der Waals surface area contributed by atoms with Gasteiger partial charge in [-0.15, -0.1) is 0 Å². The van der Waals surface area contributed by atoms with Gasteiger partial charge in [0.1, 0.15) is 6.20 Å². The van der Waals surface area contributed by atoms with Crippen LogP contribution in [0.3, 0.4) is 0 Å². The van der Waals surface area contributed by atoms with Gasteiger partial charge in [-0.05, 0) is 43.6 Å².